The molecule has 0 unspecified atom stereocenters. The van der Waals surface area contributed by atoms with Crippen LogP contribution in [0, 0.1) is 11.6 Å². The zero-order valence-electron chi connectivity index (χ0n) is 9.40. The first-order valence-corrected chi connectivity index (χ1v) is 6.98. The van der Waals surface area contributed by atoms with E-state index in [0.717, 1.165) is 12.1 Å². The molecular formula is C12H8ClF2NO2S. The average Bonchev–Trinajstić information content (AvgIpc) is 2.27. The van der Waals surface area contributed by atoms with Crippen LogP contribution in [0.4, 0.5) is 14.5 Å². The number of anilines is 1. The summed E-state index contributed by atoms with van der Waals surface area (Å²) in [6, 6.07) is 8.18. The van der Waals surface area contributed by atoms with Crippen molar-refractivity contribution in [2.75, 3.05) is 4.72 Å². The van der Waals surface area contributed by atoms with E-state index in [0.29, 0.717) is 11.1 Å². The van der Waals surface area contributed by atoms with Gasteiger partial charge < -0.3 is 0 Å². The molecule has 2 aromatic carbocycles. The number of rotatable bonds is 3. The van der Waals surface area contributed by atoms with Gasteiger partial charge in [0, 0.05) is 11.1 Å². The second-order valence-corrected chi connectivity index (χ2v) is 5.78. The maximum absolute atomic E-state index is 13.4. The number of nitrogens with one attached hydrogen (secondary N) is 1. The van der Waals surface area contributed by atoms with E-state index in [1.165, 1.54) is 12.1 Å². The molecule has 0 heterocycles. The molecule has 0 bridgehead atoms. The smallest absolute Gasteiger partial charge is 0.264 e. The largest absolute Gasteiger partial charge is 0.279 e. The molecule has 100 valence electrons. The third kappa shape index (κ3) is 3.21. The Morgan fingerprint density at radius 3 is 2.42 bits per heavy atom. The lowest BCUT2D eigenvalue weighted by Gasteiger charge is -2.09. The summed E-state index contributed by atoms with van der Waals surface area (Å²) in [6.45, 7) is 0. The van der Waals surface area contributed by atoms with Crippen LogP contribution in [0.15, 0.2) is 47.4 Å². The van der Waals surface area contributed by atoms with E-state index >= 15 is 0 Å². The lowest BCUT2D eigenvalue weighted by atomic mass is 10.3. The summed E-state index contributed by atoms with van der Waals surface area (Å²) < 4.78 is 52.2. The molecule has 1 N–H and O–H groups in total. The van der Waals surface area contributed by atoms with Crippen LogP contribution < -0.4 is 4.72 Å². The van der Waals surface area contributed by atoms with Crippen molar-refractivity contribution in [2.45, 2.75) is 4.90 Å². The molecule has 0 spiro atoms. The molecule has 0 aliphatic rings. The van der Waals surface area contributed by atoms with Crippen molar-refractivity contribution in [3.63, 3.8) is 0 Å². The van der Waals surface area contributed by atoms with Crippen molar-refractivity contribution in [3.05, 3.63) is 59.1 Å². The fraction of sp³-hybridized carbons (Fsp3) is 0. The number of hydrogen-bond donors (Lipinski definition) is 1. The maximum atomic E-state index is 13.4. The van der Waals surface area contributed by atoms with Crippen LogP contribution in [0.1, 0.15) is 0 Å². The van der Waals surface area contributed by atoms with E-state index in [1.54, 1.807) is 12.1 Å². The van der Waals surface area contributed by atoms with Crippen LogP contribution in [0.2, 0.25) is 5.02 Å². The molecule has 0 saturated carbocycles. The average molecular weight is 304 g/mol. The Morgan fingerprint density at radius 1 is 1.05 bits per heavy atom. The van der Waals surface area contributed by atoms with Crippen LogP contribution in [-0.4, -0.2) is 8.42 Å². The van der Waals surface area contributed by atoms with E-state index in [2.05, 4.69) is 4.72 Å². The van der Waals surface area contributed by atoms with Crippen molar-refractivity contribution in [1.82, 2.24) is 0 Å². The molecule has 0 saturated heterocycles. The minimum absolute atomic E-state index is 0.191. The van der Waals surface area contributed by atoms with Crippen molar-refractivity contribution in [1.29, 1.82) is 0 Å². The Kier molecular flexibility index (Phi) is 3.73. The van der Waals surface area contributed by atoms with Gasteiger partial charge in [0.25, 0.3) is 10.0 Å². The highest BCUT2D eigenvalue weighted by molar-refractivity contribution is 7.92. The van der Waals surface area contributed by atoms with E-state index in [4.69, 9.17) is 11.6 Å². The Morgan fingerprint density at radius 2 is 1.79 bits per heavy atom. The molecule has 2 rings (SSSR count). The molecule has 7 heteroatoms. The second kappa shape index (κ2) is 5.14. The molecule has 0 aliphatic carbocycles. The highest BCUT2D eigenvalue weighted by Crippen LogP contribution is 2.21. The van der Waals surface area contributed by atoms with Crippen LogP contribution >= 0.6 is 11.6 Å². The molecule has 3 nitrogen and oxygen atoms in total. The molecule has 0 amide bonds. The fourth-order valence-electron chi connectivity index (χ4n) is 1.46. The van der Waals surface area contributed by atoms with Gasteiger partial charge in [-0.05, 0) is 30.3 Å². The van der Waals surface area contributed by atoms with E-state index < -0.39 is 26.6 Å². The summed E-state index contributed by atoms with van der Waals surface area (Å²) >= 11 is 5.71. The van der Waals surface area contributed by atoms with Gasteiger partial charge >= 0.3 is 0 Å². The maximum Gasteiger partial charge on any atom is 0.264 e. The third-order valence-corrected chi connectivity index (χ3v) is 3.91. The van der Waals surface area contributed by atoms with Gasteiger partial charge in [-0.15, -0.1) is 0 Å². The normalized spacial score (nSPS) is 11.3. The van der Waals surface area contributed by atoms with Crippen LogP contribution in [-0.2, 0) is 10.0 Å². The minimum Gasteiger partial charge on any atom is -0.279 e. The molecule has 2 aromatic rings. The number of sulfonamides is 1. The van der Waals surface area contributed by atoms with Crippen molar-refractivity contribution < 1.29 is 17.2 Å². The van der Waals surface area contributed by atoms with Crippen molar-refractivity contribution in [2.24, 2.45) is 0 Å². The van der Waals surface area contributed by atoms with Crippen molar-refractivity contribution >= 4 is 27.3 Å². The van der Waals surface area contributed by atoms with Gasteiger partial charge in [-0.2, -0.15) is 0 Å². The standard InChI is InChI=1S/C12H8ClF2NO2S/c13-8-2-1-3-10(6-8)16-19(17,18)12-5-4-9(14)7-11(12)15/h1-7,16H. The summed E-state index contributed by atoms with van der Waals surface area (Å²) in [4.78, 5) is -0.631. The molecule has 19 heavy (non-hydrogen) atoms. The zero-order chi connectivity index (χ0) is 14.0. The second-order valence-electron chi connectivity index (χ2n) is 3.69. The van der Waals surface area contributed by atoms with Crippen molar-refractivity contribution in [3.8, 4) is 0 Å². The lowest BCUT2D eigenvalue weighted by Crippen LogP contribution is -2.14. The van der Waals surface area contributed by atoms with E-state index in [9.17, 15) is 17.2 Å². The molecule has 0 aliphatic heterocycles. The first kappa shape index (κ1) is 13.8. The Labute approximate surface area is 113 Å². The predicted molar refractivity (Wildman–Crippen MR) is 68.6 cm³/mol. The number of halogens is 3. The van der Waals surface area contributed by atoms with Crippen LogP contribution in [0.3, 0.4) is 0 Å². The summed E-state index contributed by atoms with van der Waals surface area (Å²) in [6.07, 6.45) is 0. The molecule has 0 atom stereocenters. The van der Waals surface area contributed by atoms with Crippen LogP contribution in [0.25, 0.3) is 0 Å². The highest BCUT2D eigenvalue weighted by Gasteiger charge is 2.19. The summed E-state index contributed by atoms with van der Waals surface area (Å²) in [5, 5.41) is 0.333. The summed E-state index contributed by atoms with van der Waals surface area (Å²) in [5.74, 6) is -2.01. The predicted octanol–water partition coefficient (Wildman–Crippen LogP) is 3.42. The zero-order valence-corrected chi connectivity index (χ0v) is 11.0. The van der Waals surface area contributed by atoms with Gasteiger partial charge in [0.15, 0.2) is 0 Å². The number of hydrogen-bond acceptors (Lipinski definition) is 2. The lowest BCUT2D eigenvalue weighted by molar-refractivity contribution is 0.551. The molecule has 0 fully saturated rings. The Hall–Kier alpha value is -1.66. The van der Waals surface area contributed by atoms with Gasteiger partial charge in [0.1, 0.15) is 16.5 Å². The van der Waals surface area contributed by atoms with E-state index in [-0.39, 0.29) is 5.69 Å². The first-order valence-electron chi connectivity index (χ1n) is 5.12. The first-order chi connectivity index (χ1) is 8.88. The Bertz CT molecular complexity index is 719. The highest BCUT2D eigenvalue weighted by atomic mass is 35.5. The van der Waals surface area contributed by atoms with Crippen LogP contribution in [0.5, 0.6) is 0 Å². The van der Waals surface area contributed by atoms with Gasteiger partial charge in [0.05, 0.1) is 5.69 Å². The molecule has 0 aromatic heterocycles. The SMILES string of the molecule is O=S(=O)(Nc1cccc(Cl)c1)c1ccc(F)cc1F. The third-order valence-electron chi connectivity index (χ3n) is 2.26. The van der Waals surface area contributed by atoms with Gasteiger partial charge in [-0.1, -0.05) is 17.7 Å². The Balaban J connectivity index is 2.38. The summed E-state index contributed by atoms with van der Waals surface area (Å²) in [7, 11) is -4.13. The van der Waals surface area contributed by atoms with Gasteiger partial charge in [-0.25, -0.2) is 17.2 Å². The molecule has 0 radical (unpaired) electrons. The quantitative estimate of drug-likeness (QED) is 0.944. The minimum atomic E-state index is -4.13. The molecular weight excluding hydrogens is 296 g/mol. The topological polar surface area (TPSA) is 46.2 Å². The summed E-state index contributed by atoms with van der Waals surface area (Å²) in [5.41, 5.74) is 0.191. The monoisotopic (exact) mass is 303 g/mol. The van der Waals surface area contributed by atoms with Gasteiger partial charge in [-0.3, -0.25) is 4.72 Å². The van der Waals surface area contributed by atoms with E-state index in [1.807, 2.05) is 0 Å². The number of benzene rings is 2. The fourth-order valence-corrected chi connectivity index (χ4v) is 2.76. The van der Waals surface area contributed by atoms with Gasteiger partial charge in [0.2, 0.25) is 0 Å².